The first-order chi connectivity index (χ1) is 28.3. The molecule has 0 saturated heterocycles. The average Bonchev–Trinajstić information content (AvgIpc) is 3.58. The number of carbonyl (C=O) groups is 1. The van der Waals surface area contributed by atoms with Crippen molar-refractivity contribution in [2.45, 2.75) is 139 Å². The van der Waals surface area contributed by atoms with Gasteiger partial charge in [0, 0.05) is 61.4 Å². The summed E-state index contributed by atoms with van der Waals surface area (Å²) in [6.45, 7) is 32.5. The minimum Gasteiger partial charge on any atom is -0.512 e. The molecule has 0 amide bonds. The van der Waals surface area contributed by atoms with Crippen molar-refractivity contribution in [1.29, 1.82) is 0 Å². The van der Waals surface area contributed by atoms with E-state index in [2.05, 4.69) is 119 Å². The van der Waals surface area contributed by atoms with E-state index in [9.17, 15) is 9.90 Å². The van der Waals surface area contributed by atoms with Gasteiger partial charge in [0.05, 0.1) is 12.0 Å². The zero-order valence-electron chi connectivity index (χ0n) is 39.0. The summed E-state index contributed by atoms with van der Waals surface area (Å²) in [5.74, 6) is 1.08. The zero-order valence-corrected chi connectivity index (χ0v) is 41.4. The molecule has 0 saturated carbocycles. The van der Waals surface area contributed by atoms with Crippen LogP contribution in [-0.4, -0.2) is 10.9 Å². The summed E-state index contributed by atoms with van der Waals surface area (Å²) in [5.41, 5.74) is 9.83. The molecule has 2 heterocycles. The molecule has 1 radical (unpaired) electrons. The van der Waals surface area contributed by atoms with Crippen molar-refractivity contribution in [2.75, 3.05) is 0 Å². The van der Waals surface area contributed by atoms with Crippen LogP contribution in [0.5, 0.6) is 0 Å². The number of halogens is 1. The Morgan fingerprint density at radius 1 is 0.754 bits per heavy atom. The molecule has 0 spiro atoms. The van der Waals surface area contributed by atoms with Gasteiger partial charge in [-0.15, -0.1) is 23.1 Å². The van der Waals surface area contributed by atoms with Gasteiger partial charge in [-0.1, -0.05) is 137 Å². The Morgan fingerprint density at radius 2 is 1.30 bits per heavy atom. The standard InChI is InChI=1S/C42H45FNO.C13H24O2.Ir/c1-23(2)27-20-33(24(3)4)37(34(21-27)25(5)6)32-17-16-30-31-18-19-44(11)39(41(31)45-40(30)38(32)43)35-22-36(42(8,9)10)29-15-13-12-14-28(29)26(35)7;1-5-10(6-2)12(14)9-13(15)11(7-3)8-4;/h12-25H,7,11H2,1-6,8-10H3;9-11,14H,5-8H2,1-4H3;/q-1;;/b;12-9-;. The number of benzene rings is 4. The van der Waals surface area contributed by atoms with Crippen LogP contribution < -0.4 is 4.57 Å². The van der Waals surface area contributed by atoms with E-state index in [1.807, 2.05) is 56.7 Å². The van der Waals surface area contributed by atoms with Gasteiger partial charge in [0.2, 0.25) is 0 Å². The molecule has 2 aromatic heterocycles. The van der Waals surface area contributed by atoms with E-state index in [0.29, 0.717) is 17.1 Å². The number of allylic oxidation sites excluding steroid dienone is 2. The Balaban J connectivity index is 0.000000439. The van der Waals surface area contributed by atoms with Gasteiger partial charge in [0.15, 0.2) is 17.2 Å². The summed E-state index contributed by atoms with van der Waals surface area (Å²) in [6.07, 6.45) is 6.84. The maximum absolute atomic E-state index is 17.0. The van der Waals surface area contributed by atoms with Crippen LogP contribution in [0.4, 0.5) is 4.39 Å². The molecule has 1 N–H and O–H groups in total. The van der Waals surface area contributed by atoms with Crippen LogP contribution in [0.1, 0.15) is 161 Å². The van der Waals surface area contributed by atoms with Gasteiger partial charge in [-0.25, -0.2) is 4.39 Å². The first kappa shape index (κ1) is 49.3. The molecule has 0 bridgehead atoms. The van der Waals surface area contributed by atoms with E-state index in [0.717, 1.165) is 64.2 Å². The number of aromatic nitrogens is 1. The van der Waals surface area contributed by atoms with E-state index < -0.39 is 0 Å². The fourth-order valence-corrected chi connectivity index (χ4v) is 8.64. The number of nitrogens with zero attached hydrogens (tertiary/aromatic N) is 1. The summed E-state index contributed by atoms with van der Waals surface area (Å²) < 4.78 is 25.4. The summed E-state index contributed by atoms with van der Waals surface area (Å²) in [5, 5.41) is 13.7. The van der Waals surface area contributed by atoms with Crippen molar-refractivity contribution in [1.82, 2.24) is 0 Å². The fraction of sp³-hybridized carbons (Fsp3) is 0.418. The van der Waals surface area contributed by atoms with Crippen LogP contribution >= 0.6 is 0 Å². The summed E-state index contributed by atoms with van der Waals surface area (Å²) >= 11 is 0. The third-order valence-corrected chi connectivity index (χ3v) is 12.5. The second kappa shape index (κ2) is 20.2. The molecule has 61 heavy (non-hydrogen) atoms. The molecular formula is C55H69FIrNO3-. The number of fused-ring (bicyclic) bond motifs is 4. The van der Waals surface area contributed by atoms with Gasteiger partial charge < -0.3 is 14.1 Å². The summed E-state index contributed by atoms with van der Waals surface area (Å²) in [6, 6.07) is 21.1. The first-order valence-corrected chi connectivity index (χ1v) is 22.2. The second-order valence-corrected chi connectivity index (χ2v) is 18.6. The van der Waals surface area contributed by atoms with Gasteiger partial charge >= 0.3 is 0 Å². The zero-order chi connectivity index (χ0) is 44.4. The molecule has 0 fully saturated rings. The van der Waals surface area contributed by atoms with E-state index in [-0.39, 0.29) is 72.1 Å². The number of pyridine rings is 1. The molecule has 0 aliphatic rings. The monoisotopic (exact) mass is 1000 g/mol. The number of furan rings is 1. The molecule has 0 unspecified atom stereocenters. The largest absolute Gasteiger partial charge is 0.512 e. The summed E-state index contributed by atoms with van der Waals surface area (Å²) in [7, 11) is 4.34. The smallest absolute Gasteiger partial charge is 0.174 e. The van der Waals surface area contributed by atoms with Crippen LogP contribution in [0.25, 0.3) is 55.1 Å². The SMILES string of the molecule is CCC(CC)C(=O)/C=C(\O)C(CC)CC.[CH2-]c1c(-c2c3oc4c(F)c(-c5c(C(C)C)cc(C(C)C)cc5C(C)C)ccc4c3cc[n+]2[CH2-])cc(C(C)(C)C)c2ccccc12.[Ir]. The van der Waals surface area contributed by atoms with Gasteiger partial charge in [-0.05, 0) is 83.2 Å². The van der Waals surface area contributed by atoms with E-state index in [4.69, 9.17) is 4.42 Å². The van der Waals surface area contributed by atoms with Crippen molar-refractivity contribution in [3.8, 4) is 22.4 Å². The predicted octanol–water partition coefficient (Wildman–Crippen LogP) is 15.9. The van der Waals surface area contributed by atoms with Crippen LogP contribution in [0, 0.1) is 31.6 Å². The summed E-state index contributed by atoms with van der Waals surface area (Å²) in [4.78, 5) is 11.7. The predicted molar refractivity (Wildman–Crippen MR) is 252 cm³/mol. The van der Waals surface area contributed by atoms with E-state index >= 15 is 4.39 Å². The number of ketones is 1. The van der Waals surface area contributed by atoms with Crippen molar-refractivity contribution < 1.29 is 43.4 Å². The van der Waals surface area contributed by atoms with E-state index in [1.165, 1.54) is 33.7 Å². The van der Waals surface area contributed by atoms with Crippen LogP contribution in [0.2, 0.25) is 0 Å². The third-order valence-electron chi connectivity index (χ3n) is 12.5. The minimum atomic E-state index is -0.324. The maximum Gasteiger partial charge on any atom is 0.174 e. The van der Waals surface area contributed by atoms with Crippen LogP contribution in [-0.2, 0) is 30.3 Å². The molecule has 0 atom stereocenters. The van der Waals surface area contributed by atoms with Gasteiger partial charge in [-0.2, -0.15) is 12.5 Å². The number of aliphatic hydroxyl groups excluding tert-OH is 1. The molecule has 0 aliphatic heterocycles. The van der Waals surface area contributed by atoms with Gasteiger partial charge in [0.25, 0.3) is 0 Å². The average molecular weight is 1000 g/mol. The normalized spacial score (nSPS) is 12.3. The number of hydrogen-bond donors (Lipinski definition) is 1. The van der Waals surface area contributed by atoms with E-state index in [1.54, 1.807) is 0 Å². The Morgan fingerprint density at radius 3 is 1.80 bits per heavy atom. The molecular weight excluding hydrogens is 934 g/mol. The number of hydrogen-bond acceptors (Lipinski definition) is 3. The van der Waals surface area contributed by atoms with Crippen molar-refractivity contribution >= 4 is 38.5 Å². The second-order valence-electron chi connectivity index (χ2n) is 18.6. The molecule has 0 aliphatic carbocycles. The topological polar surface area (TPSA) is 54.3 Å². The Kier molecular flexibility index (Phi) is 16.3. The third kappa shape index (κ3) is 9.97. The molecule has 6 heteroatoms. The quantitative estimate of drug-likeness (QED) is 0.0575. The Labute approximate surface area is 379 Å². The molecule has 6 rings (SSSR count). The number of rotatable bonds is 12. The molecule has 6 aromatic rings. The van der Waals surface area contributed by atoms with Crippen LogP contribution in [0.15, 0.2) is 83.1 Å². The Bertz CT molecular complexity index is 2500. The maximum atomic E-state index is 17.0. The molecule has 4 nitrogen and oxygen atoms in total. The van der Waals surface area contributed by atoms with Gasteiger partial charge in [-0.3, -0.25) is 4.79 Å². The number of aliphatic hydroxyl groups is 1. The number of carbonyl (C=O) groups excluding carboxylic acids is 1. The minimum absolute atomic E-state index is 0. The molecule has 329 valence electrons. The van der Waals surface area contributed by atoms with Crippen molar-refractivity contribution in [3.63, 3.8) is 0 Å². The van der Waals surface area contributed by atoms with Crippen LogP contribution in [0.3, 0.4) is 0 Å². The van der Waals surface area contributed by atoms with Crippen molar-refractivity contribution in [2.24, 2.45) is 11.8 Å². The van der Waals surface area contributed by atoms with Gasteiger partial charge in [0.1, 0.15) is 11.3 Å². The van der Waals surface area contributed by atoms with Crippen molar-refractivity contribution in [3.05, 3.63) is 126 Å². The Hall–Kier alpha value is -4.38. The molecule has 4 aromatic carbocycles. The first-order valence-electron chi connectivity index (χ1n) is 22.2. The fourth-order valence-electron chi connectivity index (χ4n) is 8.64.